The molecule has 1 aromatic heterocycles. The van der Waals surface area contributed by atoms with Gasteiger partial charge in [0.1, 0.15) is 0 Å². The predicted molar refractivity (Wildman–Crippen MR) is 59.4 cm³/mol. The maximum absolute atomic E-state index is 5.39. The molecule has 0 bridgehead atoms. The van der Waals surface area contributed by atoms with Crippen molar-refractivity contribution in [2.24, 2.45) is 5.73 Å². The molecule has 0 saturated heterocycles. The Balaban J connectivity index is 2.31. The Morgan fingerprint density at radius 1 is 1.40 bits per heavy atom. The highest BCUT2D eigenvalue weighted by molar-refractivity contribution is 5.53. The fraction of sp³-hybridized carbons (Fsp3) is 0.0909. The van der Waals surface area contributed by atoms with Gasteiger partial charge in [-0.05, 0) is 17.7 Å². The number of hydrogen-bond acceptors (Lipinski definition) is 3. The summed E-state index contributed by atoms with van der Waals surface area (Å²) < 4.78 is 1.72. The van der Waals surface area contributed by atoms with Crippen LogP contribution in [0.1, 0.15) is 5.56 Å². The first kappa shape index (κ1) is 9.61. The predicted octanol–water partition coefficient (Wildman–Crippen LogP) is 1.24. The van der Waals surface area contributed by atoms with Gasteiger partial charge < -0.3 is 5.73 Å². The first-order valence-electron chi connectivity index (χ1n) is 4.73. The van der Waals surface area contributed by atoms with Gasteiger partial charge in [-0.25, -0.2) is 4.68 Å². The molecule has 0 unspecified atom stereocenters. The number of nitrogens with zero attached hydrogens (tertiary/aromatic N) is 3. The molecule has 2 N–H and O–H groups in total. The second-order valence-corrected chi connectivity index (χ2v) is 3.08. The zero-order valence-electron chi connectivity index (χ0n) is 8.24. The van der Waals surface area contributed by atoms with E-state index in [1.54, 1.807) is 10.9 Å². The zero-order valence-corrected chi connectivity index (χ0v) is 8.24. The van der Waals surface area contributed by atoms with Crippen LogP contribution in [0.5, 0.6) is 0 Å². The van der Waals surface area contributed by atoms with Crippen LogP contribution in [-0.2, 0) is 0 Å². The second-order valence-electron chi connectivity index (χ2n) is 3.08. The zero-order chi connectivity index (χ0) is 10.5. The fourth-order valence-electron chi connectivity index (χ4n) is 1.32. The normalized spacial score (nSPS) is 11.0. The summed E-state index contributed by atoms with van der Waals surface area (Å²) in [5, 5.41) is 7.69. The molecule has 0 fully saturated rings. The molecule has 0 aliphatic carbocycles. The Labute approximate surface area is 88.0 Å². The van der Waals surface area contributed by atoms with Gasteiger partial charge in [-0.15, -0.1) is 5.10 Å². The lowest BCUT2D eigenvalue weighted by Gasteiger charge is -2.00. The van der Waals surface area contributed by atoms with E-state index in [-0.39, 0.29) is 0 Å². The van der Waals surface area contributed by atoms with Crippen molar-refractivity contribution in [1.82, 2.24) is 15.0 Å². The number of hydrogen-bond donors (Lipinski definition) is 1. The van der Waals surface area contributed by atoms with Crippen molar-refractivity contribution in [3.05, 3.63) is 48.3 Å². The highest BCUT2D eigenvalue weighted by Gasteiger charge is 1.96. The minimum absolute atomic E-state index is 0.549. The van der Waals surface area contributed by atoms with Gasteiger partial charge in [0.05, 0.1) is 18.1 Å². The van der Waals surface area contributed by atoms with Gasteiger partial charge in [0, 0.05) is 6.54 Å². The summed E-state index contributed by atoms with van der Waals surface area (Å²) in [4.78, 5) is 0. The molecule has 1 aromatic carbocycles. The van der Waals surface area contributed by atoms with Crippen LogP contribution in [0.3, 0.4) is 0 Å². The van der Waals surface area contributed by atoms with Crippen molar-refractivity contribution in [2.45, 2.75) is 0 Å². The van der Waals surface area contributed by atoms with Crippen LogP contribution in [0.4, 0.5) is 0 Å². The molecule has 0 atom stereocenters. The van der Waals surface area contributed by atoms with Gasteiger partial charge in [-0.3, -0.25) is 0 Å². The van der Waals surface area contributed by atoms with Crippen molar-refractivity contribution in [3.63, 3.8) is 0 Å². The molecule has 76 valence electrons. The van der Waals surface area contributed by atoms with Crippen molar-refractivity contribution in [3.8, 4) is 5.69 Å². The SMILES string of the molecule is NC/C=C/c1cccc(-n2ccnn2)c1. The third-order valence-electron chi connectivity index (χ3n) is 2.00. The van der Waals surface area contributed by atoms with Crippen molar-refractivity contribution >= 4 is 6.08 Å². The Hall–Kier alpha value is -1.94. The molecule has 0 aliphatic heterocycles. The summed E-state index contributed by atoms with van der Waals surface area (Å²) in [6.07, 6.45) is 7.37. The lowest BCUT2D eigenvalue weighted by molar-refractivity contribution is 0.803. The molecule has 4 nitrogen and oxygen atoms in total. The minimum atomic E-state index is 0.549. The van der Waals surface area contributed by atoms with E-state index in [9.17, 15) is 0 Å². The number of aromatic nitrogens is 3. The molecule has 15 heavy (non-hydrogen) atoms. The summed E-state index contributed by atoms with van der Waals surface area (Å²) in [5.74, 6) is 0. The molecular weight excluding hydrogens is 188 g/mol. The Morgan fingerprint density at radius 2 is 2.33 bits per heavy atom. The molecule has 0 saturated carbocycles. The highest BCUT2D eigenvalue weighted by Crippen LogP contribution is 2.10. The van der Waals surface area contributed by atoms with Crippen molar-refractivity contribution in [2.75, 3.05) is 6.54 Å². The maximum Gasteiger partial charge on any atom is 0.0697 e. The maximum atomic E-state index is 5.39. The van der Waals surface area contributed by atoms with E-state index in [0.717, 1.165) is 11.3 Å². The van der Waals surface area contributed by atoms with E-state index < -0.39 is 0 Å². The van der Waals surface area contributed by atoms with E-state index in [2.05, 4.69) is 10.3 Å². The fourth-order valence-corrected chi connectivity index (χ4v) is 1.32. The molecule has 0 amide bonds. The number of benzene rings is 1. The van der Waals surface area contributed by atoms with Gasteiger partial charge in [0.2, 0.25) is 0 Å². The van der Waals surface area contributed by atoms with Gasteiger partial charge in [-0.1, -0.05) is 29.5 Å². The molecule has 2 aromatic rings. The lowest BCUT2D eigenvalue weighted by Crippen LogP contribution is -1.95. The largest absolute Gasteiger partial charge is 0.327 e. The number of nitrogens with two attached hydrogens (primary N) is 1. The smallest absolute Gasteiger partial charge is 0.0697 e. The summed E-state index contributed by atoms with van der Waals surface area (Å²) >= 11 is 0. The topological polar surface area (TPSA) is 56.7 Å². The first-order valence-corrected chi connectivity index (χ1v) is 4.73. The Morgan fingerprint density at radius 3 is 3.07 bits per heavy atom. The molecule has 2 rings (SSSR count). The molecule has 0 radical (unpaired) electrons. The quantitative estimate of drug-likeness (QED) is 0.811. The lowest BCUT2D eigenvalue weighted by atomic mass is 10.2. The summed E-state index contributed by atoms with van der Waals surface area (Å²) in [6, 6.07) is 8.01. The molecule has 0 aliphatic rings. The van der Waals surface area contributed by atoms with E-state index in [1.165, 1.54) is 0 Å². The monoisotopic (exact) mass is 200 g/mol. The average molecular weight is 200 g/mol. The van der Waals surface area contributed by atoms with Crippen LogP contribution >= 0.6 is 0 Å². The van der Waals surface area contributed by atoms with Crippen LogP contribution in [0.2, 0.25) is 0 Å². The van der Waals surface area contributed by atoms with Crippen LogP contribution in [-0.4, -0.2) is 21.5 Å². The van der Waals surface area contributed by atoms with Crippen LogP contribution in [0.25, 0.3) is 11.8 Å². The molecule has 1 heterocycles. The highest BCUT2D eigenvalue weighted by atomic mass is 15.4. The van der Waals surface area contributed by atoms with Gasteiger partial charge in [0.15, 0.2) is 0 Å². The Kier molecular flexibility index (Phi) is 2.90. The molecule has 4 heteroatoms. The Bertz CT molecular complexity index is 445. The summed E-state index contributed by atoms with van der Waals surface area (Å²) in [6.45, 7) is 0.549. The van der Waals surface area contributed by atoms with E-state index >= 15 is 0 Å². The van der Waals surface area contributed by atoms with E-state index in [4.69, 9.17) is 5.73 Å². The first-order chi connectivity index (χ1) is 7.40. The summed E-state index contributed by atoms with van der Waals surface area (Å²) in [5.41, 5.74) is 7.49. The van der Waals surface area contributed by atoms with Gasteiger partial charge >= 0.3 is 0 Å². The van der Waals surface area contributed by atoms with Crippen LogP contribution in [0, 0.1) is 0 Å². The second kappa shape index (κ2) is 4.52. The molecule has 0 spiro atoms. The third-order valence-corrected chi connectivity index (χ3v) is 2.00. The van der Waals surface area contributed by atoms with Crippen LogP contribution in [0.15, 0.2) is 42.7 Å². The van der Waals surface area contributed by atoms with Crippen molar-refractivity contribution in [1.29, 1.82) is 0 Å². The van der Waals surface area contributed by atoms with E-state index in [0.29, 0.717) is 6.54 Å². The third kappa shape index (κ3) is 2.30. The van der Waals surface area contributed by atoms with Gasteiger partial charge in [-0.2, -0.15) is 0 Å². The standard InChI is InChI=1S/C11H12N4/c12-6-2-4-10-3-1-5-11(9-10)15-8-7-13-14-15/h1-5,7-9H,6,12H2/b4-2+. The van der Waals surface area contributed by atoms with Crippen LogP contribution < -0.4 is 5.73 Å². The summed E-state index contributed by atoms with van der Waals surface area (Å²) in [7, 11) is 0. The van der Waals surface area contributed by atoms with Gasteiger partial charge in [0.25, 0.3) is 0 Å². The minimum Gasteiger partial charge on any atom is -0.327 e. The van der Waals surface area contributed by atoms with E-state index in [1.807, 2.05) is 42.6 Å². The van der Waals surface area contributed by atoms with Crippen molar-refractivity contribution < 1.29 is 0 Å². The average Bonchev–Trinajstić information content (AvgIpc) is 2.80. The molecular formula is C11H12N4. The number of rotatable bonds is 3.